The van der Waals surface area contributed by atoms with E-state index < -0.39 is 17.1 Å². The smallest absolute Gasteiger partial charge is 0.410 e. The molecule has 0 fully saturated rings. The quantitative estimate of drug-likeness (QED) is 0.196. The number of hydrogen-bond donors (Lipinski definition) is 1. The minimum Gasteiger partial charge on any atom is -0.453 e. The summed E-state index contributed by atoms with van der Waals surface area (Å²) in [5.41, 5.74) is 2.17. The zero-order valence-corrected chi connectivity index (χ0v) is 24.3. The third-order valence-electron chi connectivity index (χ3n) is 6.91. The molecule has 37 heavy (non-hydrogen) atoms. The molecule has 1 amide bonds. The van der Waals surface area contributed by atoms with Crippen molar-refractivity contribution < 1.29 is 21.6 Å². The Morgan fingerprint density at radius 1 is 1.24 bits per heavy atom. The van der Waals surface area contributed by atoms with Crippen LogP contribution in [0.25, 0.3) is 0 Å². The van der Waals surface area contributed by atoms with E-state index in [1.54, 1.807) is 18.3 Å². The molecule has 0 radical (unpaired) electrons. The molecule has 2 aromatic rings. The van der Waals surface area contributed by atoms with Crippen LogP contribution >= 0.6 is 11.3 Å². The summed E-state index contributed by atoms with van der Waals surface area (Å²) in [6.07, 6.45) is 10.9. The molecule has 0 aliphatic carbocycles. The second kappa shape index (κ2) is 14.3. The van der Waals surface area contributed by atoms with Crippen LogP contribution in [0.3, 0.4) is 0 Å². The molecule has 2 heterocycles. The van der Waals surface area contributed by atoms with Crippen molar-refractivity contribution in [3.63, 3.8) is 0 Å². The molecule has 0 saturated heterocycles. The van der Waals surface area contributed by atoms with E-state index in [4.69, 9.17) is 4.42 Å². The molecule has 2 rings (SSSR count). The average Bonchev–Trinajstić information content (AvgIpc) is 3.18. The summed E-state index contributed by atoms with van der Waals surface area (Å²) in [6, 6.07) is 1.82. The number of Topliss-reactive ketones (excluding diaryl/α,β-unsaturated/α-hetero) is 1. The summed E-state index contributed by atoms with van der Waals surface area (Å²) in [6.45, 7) is 12.0. The molecular weight excluding hydrogens is 486 g/mol. The van der Waals surface area contributed by atoms with Crippen molar-refractivity contribution in [2.45, 2.75) is 98.8 Å². The van der Waals surface area contributed by atoms with Crippen LogP contribution in [0, 0.1) is 19.3 Å². The molecule has 0 saturated carbocycles. The van der Waals surface area contributed by atoms with Crippen LogP contribution in [-0.4, -0.2) is 19.0 Å². The van der Waals surface area contributed by atoms with E-state index in [2.05, 4.69) is 29.3 Å². The van der Waals surface area contributed by atoms with Crippen molar-refractivity contribution in [1.82, 2.24) is 5.32 Å². The van der Waals surface area contributed by atoms with Crippen LogP contribution in [-0.2, 0) is 17.6 Å². The van der Waals surface area contributed by atoms with E-state index in [1.165, 1.54) is 55.0 Å². The molecule has 208 valence electrons. The van der Waals surface area contributed by atoms with Gasteiger partial charge in [0.15, 0.2) is 5.78 Å². The molecule has 0 bridgehead atoms. The van der Waals surface area contributed by atoms with Crippen LogP contribution in [0.4, 0.5) is 4.79 Å². The predicted octanol–water partition coefficient (Wildman–Crippen LogP) is 8.14. The zero-order valence-electron chi connectivity index (χ0n) is 23.5. The van der Waals surface area contributed by atoms with Gasteiger partial charge in [-0.15, -0.1) is 11.3 Å². The zero-order chi connectivity index (χ0) is 27.6. The number of unbranched alkanes of at least 4 members (excludes halogenated alkanes) is 3. The van der Waals surface area contributed by atoms with Crippen LogP contribution < -0.4 is 10.9 Å². The fraction of sp³-hybridized carbons (Fsp3) is 0.567. The highest BCUT2D eigenvalue weighted by Crippen LogP contribution is 2.33. The van der Waals surface area contributed by atoms with Gasteiger partial charge in [0.2, 0.25) is 0 Å². The SMILES string of the molecule is CCCCCCc1csc(CC(C)(C)C(=O)c2c(C)cc(C(C)CC/C=C/NC(=O)OC)oc2=O)c1C.[HH].[HH]. The molecule has 0 spiro atoms. The summed E-state index contributed by atoms with van der Waals surface area (Å²) < 4.78 is 10.1. The number of carbonyl (C=O) groups is 2. The Balaban J connectivity index is 0.00000722. The highest BCUT2D eigenvalue weighted by atomic mass is 32.1. The second-order valence-corrected chi connectivity index (χ2v) is 11.5. The minimum absolute atomic E-state index is 0. The number of allylic oxidation sites excluding steroid dienone is 1. The predicted molar refractivity (Wildman–Crippen MR) is 155 cm³/mol. The van der Waals surface area contributed by atoms with Gasteiger partial charge in [-0.05, 0) is 74.1 Å². The first-order valence-corrected chi connectivity index (χ1v) is 14.1. The van der Waals surface area contributed by atoms with Crippen molar-refractivity contribution in [1.29, 1.82) is 0 Å². The Bertz CT molecular complexity index is 1150. The Kier molecular flexibility index (Phi) is 11.8. The van der Waals surface area contributed by atoms with Gasteiger partial charge in [-0.1, -0.05) is 53.0 Å². The lowest BCUT2D eigenvalue weighted by Crippen LogP contribution is -2.32. The maximum atomic E-state index is 13.6. The van der Waals surface area contributed by atoms with E-state index in [0.29, 0.717) is 24.2 Å². The number of alkyl carbamates (subject to hydrolysis) is 1. The Labute approximate surface area is 228 Å². The monoisotopic (exact) mass is 533 g/mol. The molecule has 1 N–H and O–H groups in total. The van der Waals surface area contributed by atoms with E-state index in [-0.39, 0.29) is 20.1 Å². The average molecular weight is 534 g/mol. The van der Waals surface area contributed by atoms with Crippen molar-refractivity contribution in [2.24, 2.45) is 5.41 Å². The molecule has 0 aliphatic rings. The number of carbonyl (C=O) groups excluding carboxylic acids is 2. The molecule has 0 aliphatic heterocycles. The third kappa shape index (κ3) is 8.70. The lowest BCUT2D eigenvalue weighted by molar-refractivity contribution is 0.0832. The Morgan fingerprint density at radius 2 is 1.97 bits per heavy atom. The van der Waals surface area contributed by atoms with Crippen LogP contribution in [0.1, 0.15) is 113 Å². The lowest BCUT2D eigenvalue weighted by atomic mass is 9.79. The summed E-state index contributed by atoms with van der Waals surface area (Å²) in [5, 5.41) is 4.71. The maximum Gasteiger partial charge on any atom is 0.410 e. The standard InChI is InChI=1S/C30H43NO5S.2H2/c1-8-9-10-11-15-23-19-37-25(22(23)4)18-30(5,6)27(32)26-21(3)17-24(36-28(26)33)20(2)14-12-13-16-31-29(34)35-7;;/h13,16-17,19-20H,8-12,14-15,18H2,1-7H3,(H,31,34);2*1H/b16-13+;;. The number of thiophene rings is 1. The number of nitrogens with one attached hydrogen (secondary N) is 1. The second-order valence-electron chi connectivity index (χ2n) is 10.5. The topological polar surface area (TPSA) is 85.6 Å². The Hall–Kier alpha value is -2.67. The van der Waals surface area contributed by atoms with Crippen molar-refractivity contribution in [3.05, 3.63) is 67.0 Å². The van der Waals surface area contributed by atoms with Crippen LogP contribution in [0.5, 0.6) is 0 Å². The molecule has 1 unspecified atom stereocenters. The number of rotatable bonds is 14. The van der Waals surface area contributed by atoms with Gasteiger partial charge in [0.05, 0.1) is 7.11 Å². The molecule has 1 atom stereocenters. The van der Waals surface area contributed by atoms with Gasteiger partial charge < -0.3 is 9.15 Å². The first-order valence-electron chi connectivity index (χ1n) is 13.3. The molecule has 2 aromatic heterocycles. The van der Waals surface area contributed by atoms with Gasteiger partial charge in [0.1, 0.15) is 11.3 Å². The minimum atomic E-state index is -0.723. The van der Waals surface area contributed by atoms with E-state index in [9.17, 15) is 14.4 Å². The molecule has 6 nitrogen and oxygen atoms in total. The highest BCUT2D eigenvalue weighted by Gasteiger charge is 2.34. The largest absolute Gasteiger partial charge is 0.453 e. The van der Waals surface area contributed by atoms with Gasteiger partial charge in [-0.25, -0.2) is 9.59 Å². The first kappa shape index (κ1) is 30.6. The summed E-state index contributed by atoms with van der Waals surface area (Å²) in [5.74, 6) is 0.371. The summed E-state index contributed by atoms with van der Waals surface area (Å²) >= 11 is 1.72. The lowest BCUT2D eigenvalue weighted by Gasteiger charge is -2.23. The van der Waals surface area contributed by atoms with E-state index in [1.807, 2.05) is 32.9 Å². The normalized spacial score (nSPS) is 12.6. The molecular formula is C30H47NO5S. The van der Waals surface area contributed by atoms with Crippen LogP contribution in [0.2, 0.25) is 0 Å². The number of methoxy groups -OCH3 is 1. The van der Waals surface area contributed by atoms with Gasteiger partial charge in [0, 0.05) is 25.3 Å². The number of amides is 1. The van der Waals surface area contributed by atoms with Gasteiger partial charge in [0.25, 0.3) is 0 Å². The maximum absolute atomic E-state index is 13.6. The van der Waals surface area contributed by atoms with Crippen molar-refractivity contribution >= 4 is 23.2 Å². The molecule has 7 heteroatoms. The molecule has 0 aromatic carbocycles. The summed E-state index contributed by atoms with van der Waals surface area (Å²) in [4.78, 5) is 38.8. The number of ketones is 1. The van der Waals surface area contributed by atoms with Gasteiger partial charge >= 0.3 is 11.7 Å². The number of aryl methyl sites for hydroxylation is 2. The number of ether oxygens (including phenoxy) is 1. The van der Waals surface area contributed by atoms with Gasteiger partial charge in [-0.2, -0.15) is 0 Å². The fourth-order valence-corrected chi connectivity index (χ4v) is 5.72. The number of hydrogen-bond acceptors (Lipinski definition) is 6. The Morgan fingerprint density at radius 3 is 2.62 bits per heavy atom. The van der Waals surface area contributed by atoms with Crippen LogP contribution in [0.15, 0.2) is 32.9 Å². The van der Waals surface area contributed by atoms with E-state index >= 15 is 0 Å². The first-order chi connectivity index (χ1) is 17.5. The summed E-state index contributed by atoms with van der Waals surface area (Å²) in [7, 11) is 1.31. The van der Waals surface area contributed by atoms with Crippen molar-refractivity contribution in [3.8, 4) is 0 Å². The fourth-order valence-electron chi connectivity index (χ4n) is 4.39. The van der Waals surface area contributed by atoms with E-state index in [0.717, 1.165) is 12.8 Å². The van der Waals surface area contributed by atoms with Crippen molar-refractivity contribution in [2.75, 3.05) is 7.11 Å². The third-order valence-corrected chi connectivity index (χ3v) is 8.05. The highest BCUT2D eigenvalue weighted by molar-refractivity contribution is 7.10. The van der Waals surface area contributed by atoms with Gasteiger partial charge in [-0.3, -0.25) is 10.1 Å².